The Labute approximate surface area is 319 Å². The van der Waals surface area contributed by atoms with Crippen LogP contribution in [0.2, 0.25) is 5.02 Å². The highest BCUT2D eigenvalue weighted by molar-refractivity contribution is 7.90. The number of anilines is 1. The Morgan fingerprint density at radius 3 is 2.31 bits per heavy atom. The molecule has 6 aromatic rings. The maximum Gasteiger partial charge on any atom is 0.280 e. The normalized spacial score (nSPS) is 12.7. The van der Waals surface area contributed by atoms with Crippen LogP contribution in [0.15, 0.2) is 120 Å². The van der Waals surface area contributed by atoms with E-state index in [1.54, 1.807) is 34.9 Å². The van der Waals surface area contributed by atoms with Gasteiger partial charge in [-0.1, -0.05) is 97.7 Å². The number of benzene rings is 5. The Hall–Kier alpha value is -5.78. The molecule has 0 unspecified atom stereocenters. The fraction of sp³-hybridized carbons (Fsp3) is 0.190. The molecule has 0 saturated carbocycles. The second-order valence-corrected chi connectivity index (χ2v) is 15.3. The minimum atomic E-state index is -4.28. The molecule has 0 spiro atoms. The number of nitrogens with one attached hydrogen (secondary N) is 1. The summed E-state index contributed by atoms with van der Waals surface area (Å²) in [6.07, 6.45) is 2.27. The SMILES string of the molecule is CCCCN(C(=O)c1nn(-c2ccc(C(=O)NS(=O)(=O)c3ccc4ccccc4c3)cc2C(=O)N2CCc3ccccc3C2)c(C)c1Cl)c1ccccc1. The van der Waals surface area contributed by atoms with Crippen molar-refractivity contribution in [1.82, 2.24) is 19.4 Å². The number of halogens is 1. The van der Waals surface area contributed by atoms with Crippen LogP contribution in [-0.4, -0.2) is 53.9 Å². The Morgan fingerprint density at radius 2 is 1.56 bits per heavy atom. The maximum atomic E-state index is 14.5. The van der Waals surface area contributed by atoms with Crippen molar-refractivity contribution >= 4 is 55.8 Å². The maximum absolute atomic E-state index is 14.5. The van der Waals surface area contributed by atoms with Crippen molar-refractivity contribution < 1.29 is 22.8 Å². The van der Waals surface area contributed by atoms with Gasteiger partial charge in [-0.3, -0.25) is 14.4 Å². The van der Waals surface area contributed by atoms with Gasteiger partial charge in [0, 0.05) is 30.9 Å². The predicted molar refractivity (Wildman–Crippen MR) is 210 cm³/mol. The molecule has 0 saturated heterocycles. The number of sulfonamides is 1. The topological polar surface area (TPSA) is 122 Å². The lowest BCUT2D eigenvalue weighted by Gasteiger charge is -2.29. The van der Waals surface area contributed by atoms with Crippen LogP contribution in [0, 0.1) is 6.92 Å². The van der Waals surface area contributed by atoms with Crippen molar-refractivity contribution in [2.75, 3.05) is 18.0 Å². The summed E-state index contributed by atoms with van der Waals surface area (Å²) in [5, 5.41) is 6.37. The Kier molecular flexibility index (Phi) is 10.4. The van der Waals surface area contributed by atoms with Crippen molar-refractivity contribution in [2.24, 2.45) is 0 Å². The van der Waals surface area contributed by atoms with Crippen LogP contribution in [-0.2, 0) is 23.0 Å². The molecule has 7 rings (SSSR count). The Morgan fingerprint density at radius 1 is 0.852 bits per heavy atom. The van der Waals surface area contributed by atoms with Crippen LogP contribution in [0.4, 0.5) is 5.69 Å². The van der Waals surface area contributed by atoms with E-state index in [0.29, 0.717) is 42.8 Å². The lowest BCUT2D eigenvalue weighted by Crippen LogP contribution is -2.37. The zero-order valence-electron chi connectivity index (χ0n) is 29.8. The van der Waals surface area contributed by atoms with E-state index in [4.69, 9.17) is 11.6 Å². The zero-order chi connectivity index (χ0) is 38.0. The van der Waals surface area contributed by atoms with Crippen molar-refractivity contribution in [1.29, 1.82) is 0 Å². The second kappa shape index (κ2) is 15.3. The lowest BCUT2D eigenvalue weighted by atomic mass is 9.98. The summed E-state index contributed by atoms with van der Waals surface area (Å²) in [6, 6.07) is 33.4. The molecule has 0 bridgehead atoms. The zero-order valence-corrected chi connectivity index (χ0v) is 31.4. The van der Waals surface area contributed by atoms with Crippen LogP contribution in [0.3, 0.4) is 0 Å². The summed E-state index contributed by atoms with van der Waals surface area (Å²) in [4.78, 5) is 45.5. The monoisotopic (exact) mass is 759 g/mol. The molecule has 0 atom stereocenters. The third-order valence-corrected chi connectivity index (χ3v) is 11.5. The van der Waals surface area contributed by atoms with Gasteiger partial charge >= 0.3 is 0 Å². The number of fused-ring (bicyclic) bond motifs is 2. The van der Waals surface area contributed by atoms with Crippen LogP contribution in [0.1, 0.15) is 67.8 Å². The van der Waals surface area contributed by atoms with E-state index in [9.17, 15) is 22.8 Å². The third kappa shape index (κ3) is 7.24. The summed E-state index contributed by atoms with van der Waals surface area (Å²) < 4.78 is 30.5. The average Bonchev–Trinajstić information content (AvgIpc) is 3.50. The number of carbonyl (C=O) groups is 3. The molecule has 5 aromatic carbocycles. The van der Waals surface area contributed by atoms with Gasteiger partial charge in [0.05, 0.1) is 26.9 Å². The molecule has 1 aromatic heterocycles. The van der Waals surface area contributed by atoms with Gasteiger partial charge in [0.1, 0.15) is 0 Å². The first-order valence-electron chi connectivity index (χ1n) is 17.7. The van der Waals surface area contributed by atoms with Gasteiger partial charge in [0.15, 0.2) is 5.69 Å². The number of para-hydroxylation sites is 1. The summed E-state index contributed by atoms with van der Waals surface area (Å²) in [5.74, 6) is -1.69. The lowest BCUT2D eigenvalue weighted by molar-refractivity contribution is 0.0734. The molecule has 0 radical (unpaired) electrons. The van der Waals surface area contributed by atoms with Crippen molar-refractivity contribution in [3.63, 3.8) is 0 Å². The number of nitrogens with zero attached hydrogens (tertiary/aromatic N) is 4. The summed E-state index contributed by atoms with van der Waals surface area (Å²) in [6.45, 7) is 4.96. The van der Waals surface area contributed by atoms with Gasteiger partial charge in [-0.15, -0.1) is 0 Å². The smallest absolute Gasteiger partial charge is 0.280 e. The fourth-order valence-electron chi connectivity index (χ4n) is 6.70. The number of hydrogen-bond donors (Lipinski definition) is 1. The van der Waals surface area contributed by atoms with E-state index >= 15 is 0 Å². The van der Waals surface area contributed by atoms with Crippen LogP contribution < -0.4 is 9.62 Å². The highest BCUT2D eigenvalue weighted by Gasteiger charge is 2.30. The van der Waals surface area contributed by atoms with Crippen LogP contribution >= 0.6 is 11.6 Å². The molecule has 2 heterocycles. The number of carbonyl (C=O) groups excluding carboxylic acids is 3. The molecule has 274 valence electrons. The second-order valence-electron chi connectivity index (χ2n) is 13.2. The van der Waals surface area contributed by atoms with Crippen LogP contribution in [0.25, 0.3) is 16.5 Å². The van der Waals surface area contributed by atoms with E-state index in [1.165, 1.54) is 35.0 Å². The number of hydrogen-bond acceptors (Lipinski definition) is 6. The van der Waals surface area contributed by atoms with Gasteiger partial charge in [-0.25, -0.2) is 17.8 Å². The van der Waals surface area contributed by atoms with E-state index < -0.39 is 21.8 Å². The molecule has 54 heavy (non-hydrogen) atoms. The quantitative estimate of drug-likeness (QED) is 0.153. The average molecular weight is 760 g/mol. The van der Waals surface area contributed by atoms with E-state index in [2.05, 4.69) is 9.82 Å². The summed E-state index contributed by atoms with van der Waals surface area (Å²) >= 11 is 6.85. The number of amides is 3. The molecular formula is C42H38ClN5O5S. The van der Waals surface area contributed by atoms with E-state index in [0.717, 1.165) is 29.4 Å². The standard InChI is InChI=1S/C42H38ClN5O5S/c1-3-4-23-47(34-16-6-5-7-17-34)42(51)39-38(43)28(2)48(44-39)37-21-19-32(26-36(37)41(50)46-24-22-30-13-9-11-15-33(30)27-46)40(49)45-54(52,53)35-20-18-29-12-8-10-14-31(29)25-35/h5-21,25-26H,3-4,22-24,27H2,1-2H3,(H,45,49). The molecule has 3 amide bonds. The van der Waals surface area contributed by atoms with Gasteiger partial charge < -0.3 is 9.80 Å². The molecule has 1 aliphatic rings. The molecule has 1 aliphatic heterocycles. The molecule has 10 nitrogen and oxygen atoms in total. The highest BCUT2D eigenvalue weighted by Crippen LogP contribution is 2.30. The first kappa shape index (κ1) is 36.6. The van der Waals surface area contributed by atoms with Gasteiger partial charge in [-0.05, 0) is 84.1 Å². The predicted octanol–water partition coefficient (Wildman–Crippen LogP) is 7.75. The Bertz CT molecular complexity index is 2520. The van der Waals surface area contributed by atoms with Crippen molar-refractivity contribution in [3.05, 3.63) is 154 Å². The minimum absolute atomic E-state index is 0.0164. The van der Waals surface area contributed by atoms with Crippen LogP contribution in [0.5, 0.6) is 0 Å². The highest BCUT2D eigenvalue weighted by atomic mass is 35.5. The molecule has 0 aliphatic carbocycles. The summed E-state index contributed by atoms with van der Waals surface area (Å²) in [7, 11) is -4.28. The third-order valence-electron chi connectivity index (χ3n) is 9.69. The molecule has 1 N–H and O–H groups in total. The Balaban J connectivity index is 1.27. The van der Waals surface area contributed by atoms with Crippen molar-refractivity contribution in [3.8, 4) is 5.69 Å². The fourth-order valence-corrected chi connectivity index (χ4v) is 7.91. The molecule has 12 heteroatoms. The first-order chi connectivity index (χ1) is 26.1. The molecule has 0 fully saturated rings. The largest absolute Gasteiger partial charge is 0.334 e. The number of rotatable bonds is 10. The first-order valence-corrected chi connectivity index (χ1v) is 19.6. The van der Waals surface area contributed by atoms with Gasteiger partial charge in [0.2, 0.25) is 0 Å². The minimum Gasteiger partial charge on any atom is -0.334 e. The molecular weight excluding hydrogens is 722 g/mol. The number of unbranched alkanes of at least 4 members (excludes halogenated alkanes) is 1. The van der Waals surface area contributed by atoms with Crippen molar-refractivity contribution in [2.45, 2.75) is 44.6 Å². The van der Waals surface area contributed by atoms with E-state index in [1.807, 2.05) is 73.7 Å². The van der Waals surface area contributed by atoms with Gasteiger partial charge in [0.25, 0.3) is 27.7 Å². The summed E-state index contributed by atoms with van der Waals surface area (Å²) in [5.41, 5.74) is 3.62. The number of aromatic nitrogens is 2. The van der Waals surface area contributed by atoms with E-state index in [-0.39, 0.29) is 38.3 Å². The van der Waals surface area contributed by atoms with Gasteiger partial charge in [-0.2, -0.15) is 5.10 Å².